The molecule has 0 radical (unpaired) electrons. The fourth-order valence-corrected chi connectivity index (χ4v) is 2.55. The molecule has 0 amide bonds. The molecular weight excluding hydrogens is 232 g/mol. The first-order valence-electron chi connectivity index (χ1n) is 4.11. The molecule has 15 heavy (non-hydrogen) atoms. The standard InChI is InChI=1S/C9H8N2O2S2/c10-15(12,13)9-4-2-1-3-7(9)8-5-6-14-11-8/h1-6H,(H2,10,12,13). The van der Waals surface area contributed by atoms with Crippen LogP contribution in [-0.2, 0) is 10.0 Å². The summed E-state index contributed by atoms with van der Waals surface area (Å²) in [7, 11) is -3.69. The maximum atomic E-state index is 11.3. The Balaban J connectivity index is 2.68. The number of sulfonamides is 1. The summed E-state index contributed by atoms with van der Waals surface area (Å²) in [5, 5.41) is 6.90. The minimum Gasteiger partial charge on any atom is -0.225 e. The van der Waals surface area contributed by atoms with Gasteiger partial charge in [0.05, 0.1) is 10.6 Å². The number of aromatic nitrogens is 1. The lowest BCUT2D eigenvalue weighted by Crippen LogP contribution is -2.13. The summed E-state index contributed by atoms with van der Waals surface area (Å²) in [5.41, 5.74) is 1.17. The second-order valence-corrected chi connectivity index (χ2v) is 5.12. The first-order valence-corrected chi connectivity index (χ1v) is 6.50. The number of nitrogens with two attached hydrogens (primary N) is 1. The molecule has 1 heterocycles. The molecule has 0 atom stereocenters. The molecule has 1 aromatic carbocycles. The summed E-state index contributed by atoms with van der Waals surface area (Å²) in [6.45, 7) is 0. The van der Waals surface area contributed by atoms with E-state index in [0.717, 1.165) is 0 Å². The summed E-state index contributed by atoms with van der Waals surface area (Å²) in [5.74, 6) is 0. The molecule has 78 valence electrons. The zero-order chi connectivity index (χ0) is 10.9. The maximum absolute atomic E-state index is 11.3. The maximum Gasteiger partial charge on any atom is 0.238 e. The second-order valence-electron chi connectivity index (χ2n) is 2.93. The Labute approximate surface area is 91.6 Å². The molecule has 0 spiro atoms. The summed E-state index contributed by atoms with van der Waals surface area (Å²) >= 11 is 1.27. The lowest BCUT2D eigenvalue weighted by molar-refractivity contribution is 0.598. The van der Waals surface area contributed by atoms with Gasteiger partial charge < -0.3 is 0 Å². The van der Waals surface area contributed by atoms with Gasteiger partial charge in [-0.05, 0) is 23.7 Å². The predicted octanol–water partition coefficient (Wildman–Crippen LogP) is 1.46. The minimum absolute atomic E-state index is 0.107. The van der Waals surface area contributed by atoms with E-state index in [-0.39, 0.29) is 4.90 Å². The van der Waals surface area contributed by atoms with Gasteiger partial charge in [-0.1, -0.05) is 18.2 Å². The van der Waals surface area contributed by atoms with Gasteiger partial charge >= 0.3 is 0 Å². The topological polar surface area (TPSA) is 73.1 Å². The largest absolute Gasteiger partial charge is 0.238 e. The van der Waals surface area contributed by atoms with Crippen LogP contribution in [0.1, 0.15) is 0 Å². The quantitative estimate of drug-likeness (QED) is 0.863. The Morgan fingerprint density at radius 2 is 1.93 bits per heavy atom. The van der Waals surface area contributed by atoms with Gasteiger partial charge in [-0.15, -0.1) is 0 Å². The molecule has 2 aromatic rings. The number of nitrogens with zero attached hydrogens (tertiary/aromatic N) is 1. The van der Waals surface area contributed by atoms with Crippen molar-refractivity contribution in [2.24, 2.45) is 5.14 Å². The van der Waals surface area contributed by atoms with Crippen molar-refractivity contribution in [2.75, 3.05) is 0 Å². The average molecular weight is 240 g/mol. The molecule has 0 saturated heterocycles. The van der Waals surface area contributed by atoms with Crippen LogP contribution in [0.2, 0.25) is 0 Å². The molecular formula is C9H8N2O2S2. The first kappa shape index (κ1) is 10.3. The lowest BCUT2D eigenvalue weighted by atomic mass is 10.1. The van der Waals surface area contributed by atoms with Gasteiger partial charge in [0.15, 0.2) is 0 Å². The zero-order valence-electron chi connectivity index (χ0n) is 7.62. The van der Waals surface area contributed by atoms with Crippen LogP contribution < -0.4 is 5.14 Å². The van der Waals surface area contributed by atoms with Crippen LogP contribution in [0.5, 0.6) is 0 Å². The average Bonchev–Trinajstić information content (AvgIpc) is 2.69. The van der Waals surface area contributed by atoms with E-state index >= 15 is 0 Å². The second kappa shape index (κ2) is 3.73. The monoisotopic (exact) mass is 240 g/mol. The molecule has 2 N–H and O–H groups in total. The normalized spacial score (nSPS) is 11.5. The van der Waals surface area contributed by atoms with E-state index in [1.807, 2.05) is 0 Å². The summed E-state index contributed by atoms with van der Waals surface area (Å²) in [6, 6.07) is 8.31. The van der Waals surface area contributed by atoms with E-state index in [1.54, 1.807) is 29.6 Å². The Bertz CT molecular complexity index is 562. The van der Waals surface area contributed by atoms with E-state index in [1.165, 1.54) is 17.6 Å². The van der Waals surface area contributed by atoms with Crippen LogP contribution in [0.15, 0.2) is 40.6 Å². The molecule has 0 fully saturated rings. The highest BCUT2D eigenvalue weighted by atomic mass is 32.2. The SMILES string of the molecule is NS(=O)(=O)c1ccccc1-c1ccsn1. The molecule has 0 bridgehead atoms. The molecule has 4 nitrogen and oxygen atoms in total. The summed E-state index contributed by atoms with van der Waals surface area (Å²) in [6.07, 6.45) is 0. The fourth-order valence-electron chi connectivity index (χ4n) is 1.28. The third-order valence-corrected chi connectivity index (χ3v) is 3.44. The van der Waals surface area contributed by atoms with E-state index in [2.05, 4.69) is 4.37 Å². The van der Waals surface area contributed by atoms with Crippen LogP contribution in [0.3, 0.4) is 0 Å². The van der Waals surface area contributed by atoms with Crippen molar-refractivity contribution in [3.63, 3.8) is 0 Å². The highest BCUT2D eigenvalue weighted by molar-refractivity contribution is 7.89. The van der Waals surface area contributed by atoms with Gasteiger partial charge in [0.25, 0.3) is 0 Å². The van der Waals surface area contributed by atoms with Gasteiger partial charge in [0.1, 0.15) is 0 Å². The smallest absolute Gasteiger partial charge is 0.225 e. The molecule has 2 rings (SSSR count). The van der Waals surface area contributed by atoms with Crippen molar-refractivity contribution in [2.45, 2.75) is 4.90 Å². The van der Waals surface area contributed by atoms with Gasteiger partial charge in [0.2, 0.25) is 10.0 Å². The van der Waals surface area contributed by atoms with E-state index in [0.29, 0.717) is 11.3 Å². The third-order valence-electron chi connectivity index (χ3n) is 1.91. The lowest BCUT2D eigenvalue weighted by Gasteiger charge is -2.03. The number of hydrogen-bond acceptors (Lipinski definition) is 4. The van der Waals surface area contributed by atoms with Gasteiger partial charge in [-0.25, -0.2) is 13.6 Å². The first-order chi connectivity index (χ1) is 7.09. The van der Waals surface area contributed by atoms with Gasteiger partial charge in [0, 0.05) is 10.9 Å². The Hall–Kier alpha value is -1.24. The highest BCUT2D eigenvalue weighted by Gasteiger charge is 2.15. The Kier molecular flexibility index (Phi) is 2.56. The molecule has 0 aliphatic heterocycles. The molecule has 0 saturated carbocycles. The Morgan fingerprint density at radius 3 is 2.53 bits per heavy atom. The number of rotatable bonds is 2. The van der Waals surface area contributed by atoms with Crippen molar-refractivity contribution in [3.8, 4) is 11.3 Å². The predicted molar refractivity (Wildman–Crippen MR) is 58.9 cm³/mol. The number of primary sulfonamides is 1. The van der Waals surface area contributed by atoms with Crippen LogP contribution in [0.4, 0.5) is 0 Å². The number of benzene rings is 1. The van der Waals surface area contributed by atoms with Crippen molar-refractivity contribution < 1.29 is 8.42 Å². The van der Waals surface area contributed by atoms with Crippen LogP contribution in [0, 0.1) is 0 Å². The fraction of sp³-hybridized carbons (Fsp3) is 0. The molecule has 1 aromatic heterocycles. The molecule has 0 aliphatic carbocycles. The highest BCUT2D eigenvalue weighted by Crippen LogP contribution is 2.25. The van der Waals surface area contributed by atoms with Gasteiger partial charge in [-0.2, -0.15) is 4.37 Å². The van der Waals surface area contributed by atoms with Crippen molar-refractivity contribution in [3.05, 3.63) is 35.7 Å². The van der Waals surface area contributed by atoms with Crippen LogP contribution in [0.25, 0.3) is 11.3 Å². The van der Waals surface area contributed by atoms with E-state index in [9.17, 15) is 8.42 Å². The van der Waals surface area contributed by atoms with Crippen molar-refractivity contribution in [1.82, 2.24) is 4.37 Å². The van der Waals surface area contributed by atoms with Crippen molar-refractivity contribution >= 4 is 21.6 Å². The molecule has 0 aliphatic rings. The molecule has 0 unspecified atom stereocenters. The Morgan fingerprint density at radius 1 is 1.20 bits per heavy atom. The van der Waals surface area contributed by atoms with Crippen molar-refractivity contribution in [1.29, 1.82) is 0 Å². The molecule has 6 heteroatoms. The van der Waals surface area contributed by atoms with Crippen LogP contribution in [-0.4, -0.2) is 12.8 Å². The third kappa shape index (κ3) is 2.06. The van der Waals surface area contributed by atoms with Gasteiger partial charge in [-0.3, -0.25) is 0 Å². The summed E-state index contributed by atoms with van der Waals surface area (Å²) in [4.78, 5) is 0.107. The van der Waals surface area contributed by atoms with E-state index < -0.39 is 10.0 Å². The van der Waals surface area contributed by atoms with Crippen LogP contribution >= 0.6 is 11.5 Å². The number of hydrogen-bond donors (Lipinski definition) is 1. The summed E-state index contributed by atoms with van der Waals surface area (Å²) < 4.78 is 26.7. The van der Waals surface area contributed by atoms with E-state index in [4.69, 9.17) is 5.14 Å². The minimum atomic E-state index is -3.69. The zero-order valence-corrected chi connectivity index (χ0v) is 9.25.